The Morgan fingerprint density at radius 2 is 2.30 bits per heavy atom. The van der Waals surface area contributed by atoms with Crippen molar-refractivity contribution in [3.05, 3.63) is 0 Å². The molecule has 0 heterocycles. The zero-order chi connectivity index (χ0) is 7.66. The molecule has 10 heavy (non-hydrogen) atoms. The van der Waals surface area contributed by atoms with E-state index in [1.165, 1.54) is 7.11 Å². The van der Waals surface area contributed by atoms with Crippen LogP contribution in [-0.2, 0) is 4.84 Å². The molecule has 0 amide bonds. The molecular formula is C8H13NO. The lowest BCUT2D eigenvalue weighted by Crippen LogP contribution is -1.75. The highest BCUT2D eigenvalue weighted by molar-refractivity contribution is 5.56. The molecule has 0 aliphatic heterocycles. The summed E-state index contributed by atoms with van der Waals surface area (Å²) in [6.45, 7) is 2.04. The molecule has 0 rings (SSSR count). The number of hydrogen-bond acceptors (Lipinski definition) is 2. The van der Waals surface area contributed by atoms with Gasteiger partial charge >= 0.3 is 0 Å². The largest absolute Gasteiger partial charge is 0.399 e. The van der Waals surface area contributed by atoms with Crippen LogP contribution in [0.25, 0.3) is 0 Å². The Labute approximate surface area is 62.3 Å². The zero-order valence-corrected chi connectivity index (χ0v) is 6.55. The van der Waals surface area contributed by atoms with Gasteiger partial charge in [0.05, 0.1) is 0 Å². The zero-order valence-electron chi connectivity index (χ0n) is 6.55. The van der Waals surface area contributed by atoms with E-state index >= 15 is 0 Å². The average molecular weight is 139 g/mol. The first-order valence-electron chi connectivity index (χ1n) is 3.42. The van der Waals surface area contributed by atoms with Crippen molar-refractivity contribution in [2.75, 3.05) is 7.11 Å². The van der Waals surface area contributed by atoms with Crippen LogP contribution < -0.4 is 0 Å². The van der Waals surface area contributed by atoms with Crippen LogP contribution in [0.3, 0.4) is 0 Å². The summed E-state index contributed by atoms with van der Waals surface area (Å²) < 4.78 is 0. The van der Waals surface area contributed by atoms with E-state index in [0.29, 0.717) is 0 Å². The number of rotatable bonds is 3. The Morgan fingerprint density at radius 1 is 1.50 bits per heavy atom. The smallest absolute Gasteiger partial charge is 0.106 e. The van der Waals surface area contributed by atoms with E-state index in [4.69, 9.17) is 0 Å². The fourth-order valence-corrected chi connectivity index (χ4v) is 0.477. The fraction of sp³-hybridized carbons (Fsp3) is 0.625. The topological polar surface area (TPSA) is 21.6 Å². The third-order valence-corrected chi connectivity index (χ3v) is 0.880. The van der Waals surface area contributed by atoms with Crippen molar-refractivity contribution in [1.82, 2.24) is 0 Å². The van der Waals surface area contributed by atoms with Crippen LogP contribution in [0.15, 0.2) is 5.16 Å². The molecule has 0 atom stereocenters. The predicted molar refractivity (Wildman–Crippen MR) is 42.8 cm³/mol. The summed E-state index contributed by atoms with van der Waals surface area (Å²) in [6, 6.07) is 0. The maximum Gasteiger partial charge on any atom is 0.106 e. The molecule has 0 saturated heterocycles. The summed E-state index contributed by atoms with van der Waals surface area (Å²) in [5, 5.41) is 3.58. The van der Waals surface area contributed by atoms with Gasteiger partial charge < -0.3 is 4.84 Å². The summed E-state index contributed by atoms with van der Waals surface area (Å²) in [6.07, 6.45) is 4.41. The van der Waals surface area contributed by atoms with Crippen LogP contribution in [0, 0.1) is 11.8 Å². The SMILES string of the molecule is CCC#CCC/C=N/OC. The number of nitrogens with zero attached hydrogens (tertiary/aromatic N) is 1. The Morgan fingerprint density at radius 3 is 2.90 bits per heavy atom. The van der Waals surface area contributed by atoms with Crippen LogP contribution in [0.1, 0.15) is 26.2 Å². The molecule has 0 aromatic heterocycles. The van der Waals surface area contributed by atoms with E-state index in [2.05, 4.69) is 21.8 Å². The van der Waals surface area contributed by atoms with Crippen molar-refractivity contribution >= 4 is 6.21 Å². The van der Waals surface area contributed by atoms with Crippen molar-refractivity contribution in [2.24, 2.45) is 5.16 Å². The van der Waals surface area contributed by atoms with Gasteiger partial charge in [-0.2, -0.15) is 0 Å². The van der Waals surface area contributed by atoms with Gasteiger partial charge in [0.1, 0.15) is 7.11 Å². The number of oxime groups is 1. The van der Waals surface area contributed by atoms with Gasteiger partial charge in [0.2, 0.25) is 0 Å². The highest BCUT2D eigenvalue weighted by Crippen LogP contribution is 1.82. The van der Waals surface area contributed by atoms with Gasteiger partial charge in [-0.05, 0) is 6.42 Å². The monoisotopic (exact) mass is 139 g/mol. The summed E-state index contributed by atoms with van der Waals surface area (Å²) in [5.41, 5.74) is 0. The molecule has 0 aromatic rings. The molecule has 0 bridgehead atoms. The Balaban J connectivity index is 3.12. The van der Waals surface area contributed by atoms with E-state index in [9.17, 15) is 0 Å². The van der Waals surface area contributed by atoms with E-state index < -0.39 is 0 Å². The van der Waals surface area contributed by atoms with Crippen LogP contribution in [0.2, 0.25) is 0 Å². The molecule has 0 N–H and O–H groups in total. The van der Waals surface area contributed by atoms with Crippen LogP contribution in [-0.4, -0.2) is 13.3 Å². The molecule has 0 radical (unpaired) electrons. The fourth-order valence-electron chi connectivity index (χ4n) is 0.477. The average Bonchev–Trinajstić information content (AvgIpc) is 1.97. The number of unbranched alkanes of at least 4 members (excludes halogenated alkanes) is 1. The van der Waals surface area contributed by atoms with Crippen LogP contribution in [0.4, 0.5) is 0 Å². The van der Waals surface area contributed by atoms with Gasteiger partial charge in [-0.15, -0.1) is 11.8 Å². The molecule has 0 spiro atoms. The summed E-state index contributed by atoms with van der Waals surface area (Å²) in [5.74, 6) is 5.97. The van der Waals surface area contributed by atoms with Crippen LogP contribution >= 0.6 is 0 Å². The Kier molecular flexibility index (Phi) is 7.25. The molecule has 56 valence electrons. The minimum Gasteiger partial charge on any atom is -0.399 e. The lowest BCUT2D eigenvalue weighted by atomic mass is 10.3. The predicted octanol–water partition coefficient (Wildman–Crippen LogP) is 1.81. The van der Waals surface area contributed by atoms with Gasteiger partial charge in [-0.1, -0.05) is 12.1 Å². The second-order valence-electron chi connectivity index (χ2n) is 1.72. The van der Waals surface area contributed by atoms with Crippen molar-refractivity contribution in [3.8, 4) is 11.8 Å². The third kappa shape index (κ3) is 7.03. The molecule has 0 unspecified atom stereocenters. The minimum absolute atomic E-state index is 0.876. The molecule has 0 aliphatic carbocycles. The first-order valence-corrected chi connectivity index (χ1v) is 3.42. The van der Waals surface area contributed by atoms with E-state index in [0.717, 1.165) is 19.3 Å². The van der Waals surface area contributed by atoms with Gasteiger partial charge in [0.25, 0.3) is 0 Å². The normalized spacial score (nSPS) is 9.00. The quantitative estimate of drug-likeness (QED) is 0.253. The van der Waals surface area contributed by atoms with Gasteiger partial charge in [-0.3, -0.25) is 0 Å². The maximum atomic E-state index is 4.47. The second kappa shape index (κ2) is 8.03. The molecule has 0 fully saturated rings. The summed E-state index contributed by atoms with van der Waals surface area (Å²) >= 11 is 0. The van der Waals surface area contributed by atoms with Crippen molar-refractivity contribution in [3.63, 3.8) is 0 Å². The highest BCUT2D eigenvalue weighted by Gasteiger charge is 1.74. The first kappa shape index (κ1) is 9.03. The second-order valence-corrected chi connectivity index (χ2v) is 1.72. The standard InChI is InChI=1S/C8H13NO/c1-3-4-5-6-7-8-9-10-2/h8H,3,6-7H2,1-2H3/b9-8+. The van der Waals surface area contributed by atoms with Crippen molar-refractivity contribution in [2.45, 2.75) is 26.2 Å². The number of hydrogen-bond donors (Lipinski definition) is 0. The minimum atomic E-state index is 0.876. The lowest BCUT2D eigenvalue weighted by Gasteiger charge is -1.83. The van der Waals surface area contributed by atoms with Gasteiger partial charge in [0.15, 0.2) is 0 Å². The first-order chi connectivity index (χ1) is 4.91. The third-order valence-electron chi connectivity index (χ3n) is 0.880. The molecule has 0 aliphatic rings. The van der Waals surface area contributed by atoms with Crippen molar-refractivity contribution in [1.29, 1.82) is 0 Å². The van der Waals surface area contributed by atoms with E-state index in [1.807, 2.05) is 6.92 Å². The maximum absolute atomic E-state index is 4.47. The summed E-state index contributed by atoms with van der Waals surface area (Å²) in [4.78, 5) is 4.47. The van der Waals surface area contributed by atoms with E-state index in [1.54, 1.807) is 6.21 Å². The van der Waals surface area contributed by atoms with Gasteiger partial charge in [-0.25, -0.2) is 0 Å². The molecule has 0 aromatic carbocycles. The Bertz CT molecular complexity index is 141. The molecule has 0 saturated carbocycles. The van der Waals surface area contributed by atoms with Crippen molar-refractivity contribution < 1.29 is 4.84 Å². The Hall–Kier alpha value is -0.970. The highest BCUT2D eigenvalue weighted by atomic mass is 16.6. The van der Waals surface area contributed by atoms with Gasteiger partial charge in [0, 0.05) is 19.1 Å². The molecular weight excluding hydrogens is 126 g/mol. The molecule has 2 heteroatoms. The lowest BCUT2D eigenvalue weighted by molar-refractivity contribution is 0.214. The summed E-state index contributed by atoms with van der Waals surface area (Å²) in [7, 11) is 1.54. The molecule has 2 nitrogen and oxygen atoms in total. The van der Waals surface area contributed by atoms with Crippen LogP contribution in [0.5, 0.6) is 0 Å². The van der Waals surface area contributed by atoms with E-state index in [-0.39, 0.29) is 0 Å².